The number of aromatic nitrogens is 6. The number of alkyl halides is 2. The van der Waals surface area contributed by atoms with Crippen LogP contribution in [0.4, 0.5) is 8.78 Å². The first-order valence-corrected chi connectivity index (χ1v) is 8.67. The van der Waals surface area contributed by atoms with Crippen LogP contribution in [0.1, 0.15) is 50.0 Å². The van der Waals surface area contributed by atoms with Gasteiger partial charge in [0.1, 0.15) is 5.82 Å². The van der Waals surface area contributed by atoms with Crippen molar-refractivity contribution in [1.29, 1.82) is 0 Å². The fourth-order valence-corrected chi connectivity index (χ4v) is 3.37. The van der Waals surface area contributed by atoms with Crippen molar-refractivity contribution in [3.05, 3.63) is 24.0 Å². The summed E-state index contributed by atoms with van der Waals surface area (Å²) >= 11 is 0. The predicted molar refractivity (Wildman–Crippen MR) is 84.8 cm³/mol. The Morgan fingerprint density at radius 2 is 1.96 bits per heavy atom. The molecular formula is C15H22F2N8. The molecule has 0 spiro atoms. The van der Waals surface area contributed by atoms with E-state index >= 15 is 0 Å². The number of hydrogen-bond acceptors (Lipinski definition) is 6. The smallest absolute Gasteiger partial charge is 0.293 e. The van der Waals surface area contributed by atoms with E-state index in [0.29, 0.717) is 18.4 Å². The summed E-state index contributed by atoms with van der Waals surface area (Å²) in [6.07, 6.45) is 5.05. The maximum Gasteiger partial charge on any atom is 0.319 e. The number of nitrogens with zero attached hydrogens (tertiary/aromatic N) is 8. The van der Waals surface area contributed by atoms with Gasteiger partial charge in [0.15, 0.2) is 5.82 Å². The lowest BCUT2D eigenvalue weighted by molar-refractivity contribution is 0.0574. The summed E-state index contributed by atoms with van der Waals surface area (Å²) in [5.41, 5.74) is 0. The van der Waals surface area contributed by atoms with Crippen LogP contribution >= 0.6 is 0 Å². The number of tetrazole rings is 1. The van der Waals surface area contributed by atoms with Gasteiger partial charge in [-0.25, -0.2) is 9.67 Å². The predicted octanol–water partition coefficient (Wildman–Crippen LogP) is 1.48. The lowest BCUT2D eigenvalue weighted by Crippen LogP contribution is -2.47. The van der Waals surface area contributed by atoms with Crippen molar-refractivity contribution in [1.82, 2.24) is 39.6 Å². The van der Waals surface area contributed by atoms with E-state index in [1.54, 1.807) is 0 Å². The van der Waals surface area contributed by atoms with Crippen molar-refractivity contribution < 1.29 is 8.78 Å². The molecule has 1 aliphatic carbocycles. The van der Waals surface area contributed by atoms with Gasteiger partial charge in [0.25, 0.3) is 0 Å². The lowest BCUT2D eigenvalue weighted by Gasteiger charge is -2.37. The second-order valence-corrected chi connectivity index (χ2v) is 6.73. The molecule has 2 aromatic rings. The van der Waals surface area contributed by atoms with Gasteiger partial charge in [0.05, 0.1) is 18.6 Å². The average molecular weight is 352 g/mol. The normalized spacial score (nSPS) is 21.1. The number of hydrogen-bond donors (Lipinski definition) is 0. The summed E-state index contributed by atoms with van der Waals surface area (Å²) in [7, 11) is 0. The molecule has 1 saturated carbocycles. The van der Waals surface area contributed by atoms with Crippen LogP contribution in [0.25, 0.3) is 0 Å². The van der Waals surface area contributed by atoms with Crippen molar-refractivity contribution in [2.45, 2.75) is 44.9 Å². The van der Waals surface area contributed by atoms with Gasteiger partial charge in [-0.1, -0.05) is 0 Å². The summed E-state index contributed by atoms with van der Waals surface area (Å²) in [6.45, 7) is 3.36. The second kappa shape index (κ2) is 6.75. The van der Waals surface area contributed by atoms with E-state index in [1.165, 1.54) is 12.4 Å². The fraction of sp³-hybridized carbons (Fsp3) is 0.733. The number of halogens is 2. The molecule has 0 N–H and O–H groups in total. The third-order valence-corrected chi connectivity index (χ3v) is 5.06. The minimum atomic E-state index is -2.54. The van der Waals surface area contributed by atoms with Gasteiger partial charge < -0.3 is 0 Å². The highest BCUT2D eigenvalue weighted by molar-refractivity contribution is 4.98. The molecule has 2 aromatic heterocycles. The Balaban J connectivity index is 1.35. The first kappa shape index (κ1) is 16.5. The van der Waals surface area contributed by atoms with Crippen LogP contribution in [-0.4, -0.2) is 65.7 Å². The summed E-state index contributed by atoms with van der Waals surface area (Å²) in [6, 6.07) is 0.614. The number of rotatable bonds is 6. The van der Waals surface area contributed by atoms with Crippen LogP contribution in [0, 0.1) is 0 Å². The molecule has 1 aliphatic heterocycles. The van der Waals surface area contributed by atoms with Crippen molar-refractivity contribution in [2.24, 2.45) is 0 Å². The lowest BCUT2D eigenvalue weighted by atomic mass is 10.2. The molecule has 1 atom stereocenters. The van der Waals surface area contributed by atoms with Gasteiger partial charge in [-0.05, 0) is 30.2 Å². The minimum absolute atomic E-state index is 0.154. The summed E-state index contributed by atoms with van der Waals surface area (Å²) < 4.78 is 28.7. The van der Waals surface area contributed by atoms with E-state index < -0.39 is 6.55 Å². The Labute approximate surface area is 144 Å². The first-order valence-electron chi connectivity index (χ1n) is 8.67. The van der Waals surface area contributed by atoms with Gasteiger partial charge in [-0.3, -0.25) is 14.4 Å². The van der Waals surface area contributed by atoms with Crippen LogP contribution in [0.15, 0.2) is 12.4 Å². The molecule has 3 heterocycles. The Bertz CT molecular complexity index is 702. The SMILES string of the molecule is CC(c1nnnn1C1CC1)N1CCN(Cc2nccn2C(F)F)CC1. The molecule has 0 aromatic carbocycles. The average Bonchev–Trinajstić information content (AvgIpc) is 3.15. The van der Waals surface area contributed by atoms with Crippen molar-refractivity contribution in [2.75, 3.05) is 26.2 Å². The van der Waals surface area contributed by atoms with Crippen molar-refractivity contribution in [3.63, 3.8) is 0 Å². The molecule has 2 aliphatic rings. The van der Waals surface area contributed by atoms with Crippen molar-refractivity contribution >= 4 is 0 Å². The molecule has 8 nitrogen and oxygen atoms in total. The molecule has 136 valence electrons. The third kappa shape index (κ3) is 3.40. The van der Waals surface area contributed by atoms with E-state index in [0.717, 1.165) is 49.4 Å². The molecule has 1 saturated heterocycles. The molecule has 0 bridgehead atoms. The monoisotopic (exact) mass is 352 g/mol. The summed E-state index contributed by atoms with van der Waals surface area (Å²) in [4.78, 5) is 8.57. The summed E-state index contributed by atoms with van der Waals surface area (Å²) in [5.74, 6) is 1.33. The molecule has 10 heteroatoms. The molecule has 4 rings (SSSR count). The maximum absolute atomic E-state index is 12.9. The highest BCUT2D eigenvalue weighted by atomic mass is 19.3. The van der Waals surface area contributed by atoms with E-state index in [4.69, 9.17) is 0 Å². The van der Waals surface area contributed by atoms with Gasteiger partial charge in [-0.15, -0.1) is 5.10 Å². The minimum Gasteiger partial charge on any atom is -0.293 e. The summed E-state index contributed by atoms with van der Waals surface area (Å²) in [5, 5.41) is 12.2. The van der Waals surface area contributed by atoms with Gasteiger partial charge in [0, 0.05) is 38.6 Å². The zero-order valence-corrected chi connectivity index (χ0v) is 14.2. The zero-order valence-electron chi connectivity index (χ0n) is 14.2. The Morgan fingerprint density at radius 3 is 2.64 bits per heavy atom. The van der Waals surface area contributed by atoms with Crippen LogP contribution in [0.2, 0.25) is 0 Å². The Kier molecular flexibility index (Phi) is 4.46. The molecule has 25 heavy (non-hydrogen) atoms. The van der Waals surface area contributed by atoms with Crippen LogP contribution in [0.3, 0.4) is 0 Å². The molecular weight excluding hydrogens is 330 g/mol. The topological polar surface area (TPSA) is 67.9 Å². The maximum atomic E-state index is 12.9. The molecule has 0 radical (unpaired) electrons. The van der Waals surface area contributed by atoms with Crippen LogP contribution in [0.5, 0.6) is 0 Å². The Morgan fingerprint density at radius 1 is 1.20 bits per heavy atom. The second-order valence-electron chi connectivity index (χ2n) is 6.73. The standard InChI is InChI=1S/C15H22F2N8/c1-11(14-19-20-21-25(14)12-2-3-12)23-8-6-22(7-9-23)10-13-18-4-5-24(13)15(16)17/h4-5,11-12,15H,2-3,6-10H2,1H3. The largest absolute Gasteiger partial charge is 0.319 e. The van der Waals surface area contributed by atoms with Crippen molar-refractivity contribution in [3.8, 4) is 0 Å². The van der Waals surface area contributed by atoms with Crippen LogP contribution in [-0.2, 0) is 6.54 Å². The molecule has 0 amide bonds. The fourth-order valence-electron chi connectivity index (χ4n) is 3.37. The van der Waals surface area contributed by atoms with Gasteiger partial charge in [-0.2, -0.15) is 8.78 Å². The molecule has 1 unspecified atom stereocenters. The number of imidazole rings is 1. The third-order valence-electron chi connectivity index (χ3n) is 5.06. The zero-order chi connectivity index (χ0) is 17.4. The van der Waals surface area contributed by atoms with Crippen LogP contribution < -0.4 is 0 Å². The first-order chi connectivity index (χ1) is 12.1. The van der Waals surface area contributed by atoms with Gasteiger partial charge in [0.2, 0.25) is 0 Å². The quantitative estimate of drug-likeness (QED) is 0.784. The Hall–Kier alpha value is -1.94. The van der Waals surface area contributed by atoms with E-state index in [9.17, 15) is 8.78 Å². The highest BCUT2D eigenvalue weighted by Crippen LogP contribution is 2.36. The van der Waals surface area contributed by atoms with E-state index in [2.05, 4.69) is 37.2 Å². The van der Waals surface area contributed by atoms with E-state index in [-0.39, 0.29) is 6.04 Å². The highest BCUT2D eigenvalue weighted by Gasteiger charge is 2.32. The van der Waals surface area contributed by atoms with Gasteiger partial charge >= 0.3 is 6.55 Å². The van der Waals surface area contributed by atoms with E-state index in [1.807, 2.05) is 4.68 Å². The number of piperazine rings is 1. The molecule has 2 fully saturated rings.